The Morgan fingerprint density at radius 1 is 1.53 bits per heavy atom. The lowest BCUT2D eigenvalue weighted by Gasteiger charge is -2.39. The zero-order valence-corrected chi connectivity index (χ0v) is 10.7. The smallest absolute Gasteiger partial charge is 0.221 e. The van der Waals surface area contributed by atoms with Gasteiger partial charge in [-0.05, 0) is 43.9 Å². The van der Waals surface area contributed by atoms with Gasteiger partial charge < -0.3 is 11.1 Å². The second-order valence-corrected chi connectivity index (χ2v) is 5.43. The summed E-state index contributed by atoms with van der Waals surface area (Å²) < 4.78 is 0. The number of fused-ring (bicyclic) bond motifs is 2. The summed E-state index contributed by atoms with van der Waals surface area (Å²) >= 11 is 0. The normalized spacial score (nSPS) is 31.9. The molecule has 3 atom stereocenters. The maximum Gasteiger partial charge on any atom is 0.221 e. The van der Waals surface area contributed by atoms with Crippen LogP contribution in [0.3, 0.4) is 0 Å². The molecule has 17 heavy (non-hydrogen) atoms. The zero-order chi connectivity index (χ0) is 12.3. The molecule has 0 spiro atoms. The highest BCUT2D eigenvalue weighted by atomic mass is 16.1. The number of nitrogens with two attached hydrogens (primary N) is 1. The molecule has 0 aromatic rings. The molecule has 1 fully saturated rings. The van der Waals surface area contributed by atoms with Gasteiger partial charge in [0.25, 0.3) is 0 Å². The number of hydrogen-bond donors (Lipinski definition) is 2. The third kappa shape index (κ3) is 3.09. The fourth-order valence-corrected chi connectivity index (χ4v) is 3.28. The van der Waals surface area contributed by atoms with Gasteiger partial charge in [-0.25, -0.2) is 0 Å². The van der Waals surface area contributed by atoms with E-state index >= 15 is 0 Å². The van der Waals surface area contributed by atoms with Crippen molar-refractivity contribution in [3.05, 3.63) is 11.6 Å². The molecule has 0 aromatic heterocycles. The number of rotatable bonds is 4. The average molecular weight is 236 g/mol. The largest absolute Gasteiger partial charge is 0.353 e. The maximum absolute atomic E-state index is 11.6. The Morgan fingerprint density at radius 2 is 2.35 bits per heavy atom. The van der Waals surface area contributed by atoms with Crippen LogP contribution in [0.25, 0.3) is 0 Å². The Bertz CT molecular complexity index is 311. The topological polar surface area (TPSA) is 55.1 Å². The van der Waals surface area contributed by atoms with Crippen LogP contribution in [0.4, 0.5) is 0 Å². The predicted molar refractivity (Wildman–Crippen MR) is 69.4 cm³/mol. The Morgan fingerprint density at radius 3 is 3.06 bits per heavy atom. The molecule has 3 unspecified atom stereocenters. The van der Waals surface area contributed by atoms with Gasteiger partial charge in [0.05, 0.1) is 0 Å². The van der Waals surface area contributed by atoms with E-state index in [9.17, 15) is 4.79 Å². The fraction of sp³-hybridized carbons (Fsp3) is 0.786. The van der Waals surface area contributed by atoms with E-state index in [0.717, 1.165) is 18.8 Å². The van der Waals surface area contributed by atoms with Crippen molar-refractivity contribution >= 4 is 5.91 Å². The molecule has 3 heteroatoms. The van der Waals surface area contributed by atoms with Crippen molar-refractivity contribution in [1.82, 2.24) is 5.32 Å². The summed E-state index contributed by atoms with van der Waals surface area (Å²) in [5, 5.41) is 3.17. The molecule has 96 valence electrons. The van der Waals surface area contributed by atoms with Crippen molar-refractivity contribution in [3.63, 3.8) is 0 Å². The highest BCUT2D eigenvalue weighted by Gasteiger charge is 2.33. The van der Waals surface area contributed by atoms with E-state index in [1.807, 2.05) is 0 Å². The molecular weight excluding hydrogens is 212 g/mol. The third-order valence-corrected chi connectivity index (χ3v) is 4.19. The third-order valence-electron chi connectivity index (χ3n) is 4.19. The quantitative estimate of drug-likeness (QED) is 0.733. The van der Waals surface area contributed by atoms with E-state index in [1.54, 1.807) is 5.57 Å². The number of hydrogen-bond acceptors (Lipinski definition) is 2. The van der Waals surface area contributed by atoms with Crippen molar-refractivity contribution in [2.75, 3.05) is 6.54 Å². The fourth-order valence-electron chi connectivity index (χ4n) is 3.28. The summed E-state index contributed by atoms with van der Waals surface area (Å²) in [5.74, 6) is 1.56. The molecule has 3 nitrogen and oxygen atoms in total. The van der Waals surface area contributed by atoms with Crippen molar-refractivity contribution < 1.29 is 4.79 Å². The van der Waals surface area contributed by atoms with Crippen LogP contribution in [-0.2, 0) is 4.79 Å². The van der Waals surface area contributed by atoms with Crippen LogP contribution >= 0.6 is 0 Å². The number of nitrogens with one attached hydrogen (secondary N) is 1. The molecule has 1 amide bonds. The Hall–Kier alpha value is -0.830. The number of carbonyl (C=O) groups is 1. The predicted octanol–water partition coefficient (Wildman–Crippen LogP) is 1.98. The monoisotopic (exact) mass is 236 g/mol. The lowest BCUT2D eigenvalue weighted by Crippen LogP contribution is -2.45. The van der Waals surface area contributed by atoms with E-state index in [0.29, 0.717) is 24.9 Å². The van der Waals surface area contributed by atoms with Crippen molar-refractivity contribution in [2.45, 2.75) is 51.5 Å². The van der Waals surface area contributed by atoms with Crippen LogP contribution in [0, 0.1) is 11.8 Å². The van der Waals surface area contributed by atoms with E-state index in [-0.39, 0.29) is 5.91 Å². The maximum atomic E-state index is 11.6. The standard InChI is InChI=1S/C14H24N2O/c1-2-10-7-11-3-4-13(12(8-10)9-11)16-14(17)5-6-15/h7,11-13H,2-6,8-9,15H2,1H3,(H,16,17). The first-order chi connectivity index (χ1) is 8.22. The molecule has 0 heterocycles. The van der Waals surface area contributed by atoms with E-state index in [2.05, 4.69) is 18.3 Å². The van der Waals surface area contributed by atoms with E-state index in [1.165, 1.54) is 19.3 Å². The molecule has 0 saturated heterocycles. The van der Waals surface area contributed by atoms with Gasteiger partial charge in [-0.2, -0.15) is 0 Å². The van der Waals surface area contributed by atoms with Gasteiger partial charge in [0, 0.05) is 19.0 Å². The molecule has 0 aliphatic heterocycles. The molecular formula is C14H24N2O. The summed E-state index contributed by atoms with van der Waals surface area (Å²) in [5.41, 5.74) is 7.00. The van der Waals surface area contributed by atoms with Gasteiger partial charge in [-0.3, -0.25) is 4.79 Å². The van der Waals surface area contributed by atoms with Gasteiger partial charge in [-0.1, -0.05) is 18.6 Å². The minimum atomic E-state index is 0.128. The Balaban J connectivity index is 1.94. The summed E-state index contributed by atoms with van der Waals surface area (Å²) in [6, 6.07) is 0.389. The summed E-state index contributed by atoms with van der Waals surface area (Å²) in [4.78, 5) is 11.6. The van der Waals surface area contributed by atoms with Crippen LogP contribution in [0.2, 0.25) is 0 Å². The lowest BCUT2D eigenvalue weighted by atomic mass is 9.70. The number of carbonyl (C=O) groups excluding carboxylic acids is 1. The van der Waals surface area contributed by atoms with Crippen LogP contribution in [0.1, 0.15) is 45.4 Å². The van der Waals surface area contributed by atoms with Crippen LogP contribution in [-0.4, -0.2) is 18.5 Å². The molecule has 2 aliphatic carbocycles. The molecule has 2 aliphatic rings. The second kappa shape index (κ2) is 5.67. The van der Waals surface area contributed by atoms with Gasteiger partial charge in [-0.15, -0.1) is 0 Å². The lowest BCUT2D eigenvalue weighted by molar-refractivity contribution is -0.122. The van der Waals surface area contributed by atoms with Crippen molar-refractivity contribution in [2.24, 2.45) is 17.6 Å². The molecule has 3 N–H and O–H groups in total. The first-order valence-corrected chi connectivity index (χ1v) is 6.92. The first-order valence-electron chi connectivity index (χ1n) is 6.92. The summed E-state index contributed by atoms with van der Waals surface area (Å²) in [6.07, 6.45) is 8.92. The highest BCUT2D eigenvalue weighted by Crippen LogP contribution is 2.39. The van der Waals surface area contributed by atoms with Gasteiger partial charge in [0.1, 0.15) is 0 Å². The van der Waals surface area contributed by atoms with Gasteiger partial charge in [0.2, 0.25) is 5.91 Å². The molecule has 0 aromatic carbocycles. The van der Waals surface area contributed by atoms with Crippen LogP contribution in [0.5, 0.6) is 0 Å². The van der Waals surface area contributed by atoms with Crippen LogP contribution < -0.4 is 11.1 Å². The van der Waals surface area contributed by atoms with Crippen molar-refractivity contribution in [3.8, 4) is 0 Å². The molecule has 2 rings (SSSR count). The molecule has 0 radical (unpaired) electrons. The minimum absolute atomic E-state index is 0.128. The van der Waals surface area contributed by atoms with E-state index in [4.69, 9.17) is 5.73 Å². The summed E-state index contributed by atoms with van der Waals surface area (Å²) in [7, 11) is 0. The Labute approximate surface area is 104 Å². The Kier molecular flexibility index (Phi) is 4.21. The van der Waals surface area contributed by atoms with E-state index < -0.39 is 0 Å². The SMILES string of the molecule is CCC1=CC2CCC(NC(=O)CCN)C(C1)C2. The van der Waals surface area contributed by atoms with Gasteiger partial charge in [0.15, 0.2) is 0 Å². The highest BCUT2D eigenvalue weighted by molar-refractivity contribution is 5.76. The zero-order valence-electron chi connectivity index (χ0n) is 10.7. The molecule has 1 saturated carbocycles. The number of allylic oxidation sites excluding steroid dienone is 2. The number of amides is 1. The van der Waals surface area contributed by atoms with Gasteiger partial charge >= 0.3 is 0 Å². The summed E-state index contributed by atoms with van der Waals surface area (Å²) in [6.45, 7) is 2.68. The van der Waals surface area contributed by atoms with Crippen LogP contribution in [0.15, 0.2) is 11.6 Å². The minimum Gasteiger partial charge on any atom is -0.353 e. The molecule has 2 bridgehead atoms. The van der Waals surface area contributed by atoms with Crippen molar-refractivity contribution in [1.29, 1.82) is 0 Å². The first kappa shape index (κ1) is 12.6. The second-order valence-electron chi connectivity index (χ2n) is 5.43. The average Bonchev–Trinajstić information content (AvgIpc) is 2.33.